The highest BCUT2D eigenvalue weighted by atomic mass is 35.5. The maximum Gasteiger partial charge on any atom is 0.408 e. The van der Waals surface area contributed by atoms with E-state index in [-0.39, 0.29) is 5.15 Å². The van der Waals surface area contributed by atoms with Crippen LogP contribution in [0.2, 0.25) is 10.2 Å². The van der Waals surface area contributed by atoms with Gasteiger partial charge >= 0.3 is 12.1 Å². The summed E-state index contributed by atoms with van der Waals surface area (Å²) in [5, 5.41) is 3.61. The molecule has 0 aliphatic heterocycles. The van der Waals surface area contributed by atoms with Gasteiger partial charge in [0, 0.05) is 11.2 Å². The van der Waals surface area contributed by atoms with Crippen molar-refractivity contribution in [1.29, 1.82) is 0 Å². The highest BCUT2D eigenvalue weighted by Gasteiger charge is 2.46. The molecule has 0 aliphatic rings. The topological polar surface area (TPSA) is 77.5 Å². The highest BCUT2D eigenvalue weighted by molar-refractivity contribution is 6.30. The lowest BCUT2D eigenvalue weighted by Crippen LogP contribution is -2.49. The Morgan fingerprint density at radius 2 is 1.66 bits per heavy atom. The van der Waals surface area contributed by atoms with E-state index in [1.54, 1.807) is 64.1 Å². The number of carbonyl (C=O) groups excluding carboxylic acids is 2. The van der Waals surface area contributed by atoms with Gasteiger partial charge in [-0.3, -0.25) is 4.79 Å². The number of alkyl carbamates (subject to hydrolysis) is 1. The van der Waals surface area contributed by atoms with Gasteiger partial charge in [-0.2, -0.15) is 0 Å². The van der Waals surface area contributed by atoms with E-state index in [9.17, 15) is 9.59 Å². The van der Waals surface area contributed by atoms with Gasteiger partial charge in [-0.05, 0) is 57.0 Å². The fourth-order valence-electron chi connectivity index (χ4n) is 2.95. The van der Waals surface area contributed by atoms with Crippen LogP contribution in [0.4, 0.5) is 4.79 Å². The van der Waals surface area contributed by atoms with Crippen LogP contribution in [0.15, 0.2) is 42.6 Å². The molecule has 1 heterocycles. The Morgan fingerprint density at radius 3 is 2.14 bits per heavy atom. The number of aromatic nitrogens is 1. The lowest BCUT2D eigenvalue weighted by atomic mass is 9.73. The summed E-state index contributed by atoms with van der Waals surface area (Å²) in [5.74, 6) is -0.546. The highest BCUT2D eigenvalue weighted by Crippen LogP contribution is 2.39. The Hall–Kier alpha value is -2.31. The fourth-order valence-corrected chi connectivity index (χ4v) is 3.19. The molecule has 156 valence electrons. The van der Waals surface area contributed by atoms with Gasteiger partial charge < -0.3 is 14.8 Å². The Morgan fingerprint density at radius 1 is 1.03 bits per heavy atom. The number of hydrogen-bond acceptors (Lipinski definition) is 5. The molecule has 1 aromatic heterocycles. The number of rotatable bonds is 5. The summed E-state index contributed by atoms with van der Waals surface area (Å²) in [7, 11) is 1.29. The van der Waals surface area contributed by atoms with Crippen LogP contribution in [0.3, 0.4) is 0 Å². The zero-order valence-electron chi connectivity index (χ0n) is 17.0. The van der Waals surface area contributed by atoms with E-state index >= 15 is 0 Å². The molecule has 1 N–H and O–H groups in total. The number of pyridine rings is 1. The first-order valence-corrected chi connectivity index (χ1v) is 9.68. The summed E-state index contributed by atoms with van der Waals surface area (Å²) in [6.07, 6.45) is 0.822. The second-order valence-corrected chi connectivity index (χ2v) is 8.52. The second kappa shape index (κ2) is 9.01. The number of nitrogens with zero attached hydrogens (tertiary/aromatic N) is 1. The molecular weight excluding hydrogens is 415 g/mol. The summed E-state index contributed by atoms with van der Waals surface area (Å²) >= 11 is 11.9. The molecule has 6 nitrogen and oxygen atoms in total. The molecule has 2 atom stereocenters. The molecule has 1 amide bonds. The minimum atomic E-state index is -1.30. The molecule has 0 saturated heterocycles. The molecule has 0 aliphatic carbocycles. The number of methoxy groups -OCH3 is 1. The van der Waals surface area contributed by atoms with Crippen LogP contribution in [-0.4, -0.2) is 29.8 Å². The monoisotopic (exact) mass is 438 g/mol. The quantitative estimate of drug-likeness (QED) is 0.519. The first-order valence-electron chi connectivity index (χ1n) is 8.93. The van der Waals surface area contributed by atoms with Crippen molar-refractivity contribution < 1.29 is 19.1 Å². The molecule has 0 spiro atoms. The van der Waals surface area contributed by atoms with Crippen LogP contribution in [0, 0.1) is 0 Å². The van der Waals surface area contributed by atoms with Gasteiger partial charge in [-0.25, -0.2) is 9.78 Å². The van der Waals surface area contributed by atoms with Gasteiger partial charge in [0.2, 0.25) is 0 Å². The van der Waals surface area contributed by atoms with Gasteiger partial charge in [0.1, 0.15) is 16.2 Å². The number of nitrogens with one attached hydrogen (secondary N) is 1. The number of halogens is 2. The Bertz CT molecular complexity index is 864. The van der Waals surface area contributed by atoms with E-state index in [0.29, 0.717) is 16.1 Å². The van der Waals surface area contributed by atoms with Gasteiger partial charge in [-0.1, -0.05) is 41.4 Å². The lowest BCUT2D eigenvalue weighted by molar-refractivity contribution is -0.148. The van der Waals surface area contributed by atoms with E-state index in [2.05, 4.69) is 10.3 Å². The van der Waals surface area contributed by atoms with E-state index in [1.807, 2.05) is 0 Å². The minimum Gasteiger partial charge on any atom is -0.468 e. The molecule has 2 rings (SSSR count). The van der Waals surface area contributed by atoms with Gasteiger partial charge in [0.05, 0.1) is 13.2 Å². The van der Waals surface area contributed by atoms with Gasteiger partial charge in [0.25, 0.3) is 0 Å². The maximum atomic E-state index is 13.0. The van der Waals surface area contributed by atoms with E-state index in [4.69, 9.17) is 32.7 Å². The van der Waals surface area contributed by atoms with E-state index in [0.717, 1.165) is 0 Å². The molecule has 0 fully saturated rings. The number of benzene rings is 1. The summed E-state index contributed by atoms with van der Waals surface area (Å²) in [6.45, 7) is 6.94. The standard InChI is InChI=1S/C21H24Cl2N2O4/c1-20(2,3)29-19(27)25-17(13-6-11-16(23)24-12-13)21(4,18(26)28-5)14-7-9-15(22)10-8-14/h6-12,17H,1-5H3,(H,25,27)/t17-,21-/m0/s1. The SMILES string of the molecule is COC(=O)[C@@](C)(c1ccc(Cl)cc1)[C@@H](NC(=O)OC(C)(C)C)c1ccc(Cl)nc1. The number of carbonyl (C=O) groups is 2. The summed E-state index contributed by atoms with van der Waals surface area (Å²) < 4.78 is 10.5. The van der Waals surface area contributed by atoms with Gasteiger partial charge in [0.15, 0.2) is 0 Å². The van der Waals surface area contributed by atoms with E-state index < -0.39 is 29.1 Å². The molecular formula is C21H24Cl2N2O4. The Labute approximate surface area is 180 Å². The zero-order chi connectivity index (χ0) is 21.8. The molecule has 2 aromatic rings. The summed E-state index contributed by atoms with van der Waals surface area (Å²) in [6, 6.07) is 9.19. The number of esters is 1. The lowest BCUT2D eigenvalue weighted by Gasteiger charge is -2.36. The van der Waals surface area contributed by atoms with Crippen LogP contribution in [-0.2, 0) is 19.7 Å². The summed E-state index contributed by atoms with van der Waals surface area (Å²) in [5.41, 5.74) is -0.853. The maximum absolute atomic E-state index is 13.0. The molecule has 0 radical (unpaired) electrons. The first kappa shape index (κ1) is 23.0. The van der Waals surface area contributed by atoms with Crippen molar-refractivity contribution in [3.63, 3.8) is 0 Å². The van der Waals surface area contributed by atoms with Crippen molar-refractivity contribution in [3.05, 3.63) is 63.9 Å². The average molecular weight is 439 g/mol. The van der Waals surface area contributed by atoms with Crippen molar-refractivity contribution in [2.24, 2.45) is 0 Å². The Kier molecular flexibility index (Phi) is 7.14. The normalized spacial score (nSPS) is 14.4. The number of ether oxygens (including phenoxy) is 2. The molecule has 0 saturated carbocycles. The van der Waals surface area contributed by atoms with Crippen molar-refractivity contribution >= 4 is 35.3 Å². The smallest absolute Gasteiger partial charge is 0.408 e. The third-order valence-corrected chi connectivity index (χ3v) is 4.85. The molecule has 8 heteroatoms. The molecule has 0 unspecified atom stereocenters. The van der Waals surface area contributed by atoms with Crippen molar-refractivity contribution in [3.8, 4) is 0 Å². The minimum absolute atomic E-state index is 0.288. The van der Waals surface area contributed by atoms with Crippen LogP contribution in [0.25, 0.3) is 0 Å². The zero-order valence-corrected chi connectivity index (χ0v) is 18.5. The third-order valence-electron chi connectivity index (χ3n) is 4.38. The number of amides is 1. The van der Waals surface area contributed by atoms with Crippen molar-refractivity contribution in [2.45, 2.75) is 44.8 Å². The molecule has 1 aromatic carbocycles. The van der Waals surface area contributed by atoms with Crippen LogP contribution in [0.1, 0.15) is 44.9 Å². The molecule has 29 heavy (non-hydrogen) atoms. The first-order chi connectivity index (χ1) is 13.5. The predicted octanol–water partition coefficient (Wildman–Crippen LogP) is 5.09. The van der Waals surface area contributed by atoms with Gasteiger partial charge in [-0.15, -0.1) is 0 Å². The average Bonchev–Trinajstić information content (AvgIpc) is 2.65. The fraction of sp³-hybridized carbons (Fsp3) is 0.381. The van der Waals surface area contributed by atoms with Crippen LogP contribution < -0.4 is 5.32 Å². The third kappa shape index (κ3) is 5.61. The van der Waals surface area contributed by atoms with Crippen molar-refractivity contribution in [1.82, 2.24) is 10.3 Å². The van der Waals surface area contributed by atoms with Crippen molar-refractivity contribution in [2.75, 3.05) is 7.11 Å². The van der Waals surface area contributed by atoms with E-state index in [1.165, 1.54) is 13.3 Å². The van der Waals surface area contributed by atoms with Crippen LogP contribution in [0.5, 0.6) is 0 Å². The largest absolute Gasteiger partial charge is 0.468 e. The second-order valence-electron chi connectivity index (χ2n) is 7.69. The predicted molar refractivity (Wildman–Crippen MR) is 112 cm³/mol. The molecule has 0 bridgehead atoms. The van der Waals surface area contributed by atoms with Crippen LogP contribution >= 0.6 is 23.2 Å². The summed E-state index contributed by atoms with van der Waals surface area (Å²) in [4.78, 5) is 29.7. The Balaban J connectivity index is 2.60. The number of hydrogen-bond donors (Lipinski definition) is 1.